The van der Waals surface area contributed by atoms with Crippen molar-refractivity contribution in [2.24, 2.45) is 0 Å². The maximum atomic E-state index is 13.2. The van der Waals surface area contributed by atoms with Crippen LogP contribution in [-0.4, -0.2) is 34.5 Å². The highest BCUT2D eigenvalue weighted by Gasteiger charge is 2.18. The van der Waals surface area contributed by atoms with E-state index in [2.05, 4.69) is 41.7 Å². The lowest BCUT2D eigenvalue weighted by molar-refractivity contribution is -0.124. The number of imide groups is 1. The summed E-state index contributed by atoms with van der Waals surface area (Å²) in [5.74, 6) is -1.08. The van der Waals surface area contributed by atoms with Crippen molar-refractivity contribution < 1.29 is 19.6 Å². The highest BCUT2D eigenvalue weighted by molar-refractivity contribution is 6.04. The molecule has 4 rings (SSSR count). The first-order chi connectivity index (χ1) is 19.0. The normalized spacial score (nSPS) is 10.7. The number of hydroxylamine groups is 1. The number of hydrogen-bond acceptors (Lipinski definition) is 4. The van der Waals surface area contributed by atoms with Gasteiger partial charge in [-0.25, -0.2) is 10.3 Å². The van der Waals surface area contributed by atoms with Gasteiger partial charge in [0, 0.05) is 24.7 Å². The number of carbonyl (C=O) groups excluding carboxylic acids is 3. The molecular formula is C32H29N3O4. The minimum Gasteiger partial charge on any atom is -0.320 e. The Morgan fingerprint density at radius 3 is 1.95 bits per heavy atom. The molecule has 4 aromatic rings. The predicted molar refractivity (Wildman–Crippen MR) is 151 cm³/mol. The monoisotopic (exact) mass is 519 g/mol. The Labute approximate surface area is 227 Å². The van der Waals surface area contributed by atoms with Crippen LogP contribution >= 0.6 is 0 Å². The van der Waals surface area contributed by atoms with Gasteiger partial charge in [-0.2, -0.15) is 0 Å². The van der Waals surface area contributed by atoms with E-state index in [1.807, 2.05) is 48.5 Å². The van der Waals surface area contributed by atoms with Crippen LogP contribution < -0.4 is 10.8 Å². The zero-order chi connectivity index (χ0) is 27.5. The van der Waals surface area contributed by atoms with E-state index >= 15 is 0 Å². The Bertz CT molecular complexity index is 1420. The number of amides is 4. The molecule has 4 aromatic carbocycles. The van der Waals surface area contributed by atoms with Crippen molar-refractivity contribution in [3.63, 3.8) is 0 Å². The summed E-state index contributed by atoms with van der Waals surface area (Å²) in [4.78, 5) is 38.6. The van der Waals surface area contributed by atoms with Gasteiger partial charge in [-0.05, 0) is 52.4 Å². The topological polar surface area (TPSA) is 98.7 Å². The summed E-state index contributed by atoms with van der Waals surface area (Å²) in [6.45, 7) is 0.689. The second kappa shape index (κ2) is 13.5. The van der Waals surface area contributed by atoms with Crippen molar-refractivity contribution in [2.75, 3.05) is 6.54 Å². The second-order valence-corrected chi connectivity index (χ2v) is 8.91. The van der Waals surface area contributed by atoms with E-state index in [4.69, 9.17) is 5.21 Å². The first-order valence-corrected chi connectivity index (χ1v) is 12.5. The molecule has 0 atom stereocenters. The van der Waals surface area contributed by atoms with Crippen LogP contribution in [0, 0.1) is 0 Å². The Morgan fingerprint density at radius 2 is 1.31 bits per heavy atom. The summed E-state index contributed by atoms with van der Waals surface area (Å²) in [5.41, 5.74) is 6.91. The maximum Gasteiger partial charge on any atom is 0.324 e. The highest BCUT2D eigenvalue weighted by atomic mass is 16.5. The van der Waals surface area contributed by atoms with Crippen molar-refractivity contribution in [1.82, 2.24) is 15.7 Å². The van der Waals surface area contributed by atoms with Crippen LogP contribution in [0.5, 0.6) is 0 Å². The van der Waals surface area contributed by atoms with Gasteiger partial charge in [0.05, 0.1) is 0 Å². The predicted octanol–water partition coefficient (Wildman–Crippen LogP) is 5.47. The second-order valence-electron chi connectivity index (χ2n) is 8.91. The van der Waals surface area contributed by atoms with E-state index in [1.54, 1.807) is 40.7 Å². The molecule has 4 amide bonds. The molecule has 0 fully saturated rings. The average Bonchev–Trinajstić information content (AvgIpc) is 2.99. The van der Waals surface area contributed by atoms with E-state index in [-0.39, 0.29) is 6.54 Å². The average molecular weight is 520 g/mol. The highest BCUT2D eigenvalue weighted by Crippen LogP contribution is 2.20. The molecule has 3 N–H and O–H groups in total. The SMILES string of the molecule is O=C(/C=C/c1ccc(CN(CCc2ccc(-c3ccccc3)cc2)C(=O)NC(=O)c2ccccc2)cc1)NO. The Balaban J connectivity index is 1.46. The molecule has 0 heterocycles. The van der Waals surface area contributed by atoms with Gasteiger partial charge in [-0.1, -0.05) is 97.1 Å². The summed E-state index contributed by atoms with van der Waals surface area (Å²) >= 11 is 0. The van der Waals surface area contributed by atoms with Crippen LogP contribution in [0.1, 0.15) is 27.0 Å². The van der Waals surface area contributed by atoms with Crippen LogP contribution in [0.25, 0.3) is 17.2 Å². The van der Waals surface area contributed by atoms with Crippen LogP contribution in [0.4, 0.5) is 4.79 Å². The lowest BCUT2D eigenvalue weighted by Gasteiger charge is -2.23. The number of nitrogens with zero attached hydrogens (tertiary/aromatic N) is 1. The molecule has 0 aromatic heterocycles. The Kier molecular flexibility index (Phi) is 9.37. The lowest BCUT2D eigenvalue weighted by Crippen LogP contribution is -2.43. The van der Waals surface area contributed by atoms with Gasteiger partial charge in [-0.15, -0.1) is 0 Å². The zero-order valence-corrected chi connectivity index (χ0v) is 21.3. The third-order valence-electron chi connectivity index (χ3n) is 6.17. The van der Waals surface area contributed by atoms with Gasteiger partial charge in [0.25, 0.3) is 11.8 Å². The van der Waals surface area contributed by atoms with E-state index in [9.17, 15) is 14.4 Å². The van der Waals surface area contributed by atoms with Crippen LogP contribution in [-0.2, 0) is 17.8 Å². The molecule has 0 saturated carbocycles. The van der Waals surface area contributed by atoms with E-state index < -0.39 is 17.8 Å². The van der Waals surface area contributed by atoms with Crippen molar-refractivity contribution in [2.45, 2.75) is 13.0 Å². The van der Waals surface area contributed by atoms with Gasteiger partial charge < -0.3 is 4.90 Å². The van der Waals surface area contributed by atoms with Crippen LogP contribution in [0.2, 0.25) is 0 Å². The molecule has 0 aliphatic carbocycles. The molecule has 0 aliphatic rings. The molecule has 0 unspecified atom stereocenters. The molecule has 0 radical (unpaired) electrons. The Morgan fingerprint density at radius 1 is 0.718 bits per heavy atom. The first-order valence-electron chi connectivity index (χ1n) is 12.5. The van der Waals surface area contributed by atoms with E-state index in [1.165, 1.54) is 6.08 Å². The zero-order valence-electron chi connectivity index (χ0n) is 21.3. The van der Waals surface area contributed by atoms with Gasteiger partial charge in [0.1, 0.15) is 0 Å². The molecule has 7 heteroatoms. The molecule has 0 bridgehead atoms. The molecule has 0 saturated heterocycles. The first kappa shape index (κ1) is 27.0. The summed E-state index contributed by atoms with van der Waals surface area (Å²) in [5, 5.41) is 11.1. The molecule has 7 nitrogen and oxygen atoms in total. The number of hydrogen-bond donors (Lipinski definition) is 3. The van der Waals surface area contributed by atoms with Gasteiger partial charge in [-0.3, -0.25) is 20.1 Å². The number of urea groups is 1. The van der Waals surface area contributed by atoms with Gasteiger partial charge >= 0.3 is 6.03 Å². The molecule has 0 aliphatic heterocycles. The van der Waals surface area contributed by atoms with E-state index in [0.717, 1.165) is 27.8 Å². The smallest absolute Gasteiger partial charge is 0.320 e. The summed E-state index contributed by atoms with van der Waals surface area (Å²) in [6.07, 6.45) is 3.39. The third-order valence-corrected chi connectivity index (χ3v) is 6.17. The van der Waals surface area contributed by atoms with Crippen molar-refractivity contribution in [1.29, 1.82) is 0 Å². The lowest BCUT2D eigenvalue weighted by atomic mass is 10.0. The molecule has 0 spiro atoms. The maximum absolute atomic E-state index is 13.2. The number of nitrogens with one attached hydrogen (secondary N) is 2. The van der Waals surface area contributed by atoms with Gasteiger partial charge in [0.2, 0.25) is 0 Å². The third kappa shape index (κ3) is 7.99. The number of carbonyl (C=O) groups is 3. The fourth-order valence-corrected chi connectivity index (χ4v) is 4.01. The van der Waals surface area contributed by atoms with Gasteiger partial charge in [0.15, 0.2) is 0 Å². The quantitative estimate of drug-likeness (QED) is 0.155. The molecule has 39 heavy (non-hydrogen) atoms. The summed E-state index contributed by atoms with van der Waals surface area (Å²) in [7, 11) is 0. The van der Waals surface area contributed by atoms with E-state index in [0.29, 0.717) is 18.5 Å². The Hall–Kier alpha value is -5.01. The van der Waals surface area contributed by atoms with Crippen molar-refractivity contribution >= 4 is 23.9 Å². The molecule has 196 valence electrons. The fraction of sp³-hybridized carbons (Fsp3) is 0.0938. The minimum absolute atomic E-state index is 0.289. The van der Waals surface area contributed by atoms with Crippen molar-refractivity contribution in [3.05, 3.63) is 138 Å². The fourth-order valence-electron chi connectivity index (χ4n) is 4.01. The minimum atomic E-state index is -0.623. The standard InChI is InChI=1S/C32H29N3O4/c36-30(34-39)20-17-24-11-13-26(14-12-24)23-35(32(38)33-31(37)29-9-5-2-6-10-29)22-21-25-15-18-28(19-16-25)27-7-3-1-4-8-27/h1-20,39H,21-23H2,(H,34,36)(H,33,37,38)/b20-17+. The van der Waals surface area contributed by atoms with Crippen LogP contribution in [0.3, 0.4) is 0 Å². The van der Waals surface area contributed by atoms with Crippen molar-refractivity contribution in [3.8, 4) is 11.1 Å². The number of benzene rings is 4. The summed E-state index contributed by atoms with van der Waals surface area (Å²) in [6, 6.07) is 33.8. The largest absolute Gasteiger partial charge is 0.324 e. The summed E-state index contributed by atoms with van der Waals surface area (Å²) < 4.78 is 0. The molecular weight excluding hydrogens is 490 g/mol. The number of rotatable bonds is 9. The van der Waals surface area contributed by atoms with Crippen LogP contribution in [0.15, 0.2) is 115 Å².